The molecule has 10 rings (SSSR count). The van der Waals surface area contributed by atoms with Crippen molar-refractivity contribution in [2.75, 3.05) is 0 Å². The molecular formula is C49H35N3. The fraction of sp³-hybridized carbons (Fsp3) is 0.0816. The van der Waals surface area contributed by atoms with Gasteiger partial charge in [-0.3, -0.25) is 0 Å². The Balaban J connectivity index is 1.16. The monoisotopic (exact) mass is 665 g/mol. The topological polar surface area (TPSA) is 38.7 Å². The summed E-state index contributed by atoms with van der Waals surface area (Å²) in [7, 11) is 0. The lowest BCUT2D eigenvalue weighted by Crippen LogP contribution is -2.41. The molecule has 0 N–H and O–H groups in total. The van der Waals surface area contributed by atoms with E-state index in [-0.39, 0.29) is 5.41 Å². The molecule has 7 aromatic carbocycles. The number of rotatable bonds is 4. The Morgan fingerprint density at radius 3 is 1.23 bits per heavy atom. The highest BCUT2D eigenvalue weighted by molar-refractivity contribution is 5.90. The maximum Gasteiger partial charge on any atom is 0.164 e. The lowest BCUT2D eigenvalue weighted by molar-refractivity contribution is 0.565. The molecule has 0 bridgehead atoms. The zero-order chi connectivity index (χ0) is 34.9. The maximum absolute atomic E-state index is 4.99. The van der Waals surface area contributed by atoms with Crippen molar-refractivity contribution >= 4 is 0 Å². The van der Waals surface area contributed by atoms with E-state index in [1.165, 1.54) is 55.6 Å². The molecule has 0 saturated heterocycles. The Kier molecular flexibility index (Phi) is 6.74. The summed E-state index contributed by atoms with van der Waals surface area (Å²) in [5.41, 5.74) is 15.4. The van der Waals surface area contributed by atoms with Crippen molar-refractivity contribution in [1.29, 1.82) is 0 Å². The lowest BCUT2D eigenvalue weighted by atomic mass is 9.54. The van der Waals surface area contributed by atoms with Gasteiger partial charge in [-0.1, -0.05) is 190 Å². The summed E-state index contributed by atoms with van der Waals surface area (Å²) in [4.78, 5) is 14.9. The van der Waals surface area contributed by atoms with E-state index in [1.54, 1.807) is 0 Å². The molecule has 0 saturated carbocycles. The predicted molar refractivity (Wildman–Crippen MR) is 211 cm³/mol. The Labute approximate surface area is 304 Å². The maximum atomic E-state index is 4.99. The van der Waals surface area contributed by atoms with Crippen molar-refractivity contribution in [3.8, 4) is 56.4 Å². The van der Waals surface area contributed by atoms with Crippen LogP contribution in [0.1, 0.15) is 47.2 Å². The third kappa shape index (κ3) is 4.36. The van der Waals surface area contributed by atoms with Crippen LogP contribution in [-0.4, -0.2) is 15.0 Å². The molecule has 3 nitrogen and oxygen atoms in total. The first-order valence-corrected chi connectivity index (χ1v) is 18.0. The van der Waals surface area contributed by atoms with Crippen LogP contribution in [0.4, 0.5) is 0 Å². The van der Waals surface area contributed by atoms with E-state index in [0.717, 1.165) is 16.7 Å². The van der Waals surface area contributed by atoms with Gasteiger partial charge in [0.1, 0.15) is 0 Å². The van der Waals surface area contributed by atoms with Gasteiger partial charge >= 0.3 is 0 Å². The summed E-state index contributed by atoms with van der Waals surface area (Å²) in [6.07, 6.45) is 0. The first kappa shape index (κ1) is 30.4. The SMILES string of the molecule is CC1(C)c2ccccc2C2(c3ccccc3-c3ccccc32)c2cccc(-c3ccc(-c4nc(-c5ccccc5)nc(-c5ccccc5)n4)cc3)c21. The van der Waals surface area contributed by atoms with Crippen molar-refractivity contribution in [3.05, 3.63) is 209 Å². The van der Waals surface area contributed by atoms with E-state index >= 15 is 0 Å². The molecule has 2 aliphatic carbocycles. The third-order valence-electron chi connectivity index (χ3n) is 11.2. The molecule has 1 spiro atoms. The highest BCUT2D eigenvalue weighted by Crippen LogP contribution is 2.63. The van der Waals surface area contributed by atoms with Crippen LogP contribution < -0.4 is 0 Å². The molecular weight excluding hydrogens is 631 g/mol. The minimum atomic E-state index is -0.420. The second-order valence-electron chi connectivity index (χ2n) is 14.4. The third-order valence-corrected chi connectivity index (χ3v) is 11.2. The van der Waals surface area contributed by atoms with Gasteiger partial charge in [0, 0.05) is 22.1 Å². The molecule has 2 aliphatic rings. The normalized spacial score (nSPS) is 14.3. The summed E-state index contributed by atoms with van der Waals surface area (Å²) < 4.78 is 0. The van der Waals surface area contributed by atoms with Gasteiger partial charge in [0.2, 0.25) is 0 Å². The molecule has 246 valence electrons. The summed E-state index contributed by atoms with van der Waals surface area (Å²) in [5.74, 6) is 1.98. The molecule has 0 atom stereocenters. The minimum Gasteiger partial charge on any atom is -0.208 e. The lowest BCUT2D eigenvalue weighted by Gasteiger charge is -2.47. The van der Waals surface area contributed by atoms with Crippen LogP contribution in [0.25, 0.3) is 56.4 Å². The fourth-order valence-corrected chi connectivity index (χ4v) is 8.97. The Morgan fingerprint density at radius 2 is 0.692 bits per heavy atom. The molecule has 0 unspecified atom stereocenters. The number of nitrogens with zero attached hydrogens (tertiary/aromatic N) is 3. The van der Waals surface area contributed by atoms with Gasteiger partial charge in [-0.25, -0.2) is 15.0 Å². The largest absolute Gasteiger partial charge is 0.208 e. The molecule has 1 aromatic heterocycles. The highest BCUT2D eigenvalue weighted by Gasteiger charge is 2.53. The Hall–Kier alpha value is -6.45. The fourth-order valence-electron chi connectivity index (χ4n) is 8.97. The van der Waals surface area contributed by atoms with E-state index in [1.807, 2.05) is 60.7 Å². The second kappa shape index (κ2) is 11.5. The number of hydrogen-bond acceptors (Lipinski definition) is 3. The quantitative estimate of drug-likeness (QED) is 0.188. The zero-order valence-electron chi connectivity index (χ0n) is 29.1. The molecule has 52 heavy (non-hydrogen) atoms. The summed E-state index contributed by atoms with van der Waals surface area (Å²) >= 11 is 0. The van der Waals surface area contributed by atoms with E-state index < -0.39 is 5.41 Å². The number of fused-ring (bicyclic) bond motifs is 9. The molecule has 0 amide bonds. The van der Waals surface area contributed by atoms with Gasteiger partial charge in [0.05, 0.1) is 5.41 Å². The smallest absolute Gasteiger partial charge is 0.164 e. The average Bonchev–Trinajstić information content (AvgIpc) is 3.51. The van der Waals surface area contributed by atoms with Crippen molar-refractivity contribution in [2.45, 2.75) is 24.7 Å². The molecule has 0 aliphatic heterocycles. The van der Waals surface area contributed by atoms with Crippen LogP contribution in [-0.2, 0) is 10.8 Å². The first-order chi connectivity index (χ1) is 25.5. The highest BCUT2D eigenvalue weighted by atomic mass is 15.0. The summed E-state index contributed by atoms with van der Waals surface area (Å²) in [6.45, 7) is 4.78. The van der Waals surface area contributed by atoms with Gasteiger partial charge in [-0.05, 0) is 55.6 Å². The second-order valence-corrected chi connectivity index (χ2v) is 14.4. The molecule has 0 radical (unpaired) electrons. The standard InChI is InChI=1S/C49H35N3/c1-48(2)41-25-13-14-26-42(41)49(39-23-11-9-20-37(39)38-21-10-12-24-40(38)49)43-27-15-22-36(44(43)48)32-28-30-35(31-29-32)47-51-45(33-16-5-3-6-17-33)50-46(52-47)34-18-7-4-8-19-34/h3-31H,1-2H3. The van der Waals surface area contributed by atoms with Crippen molar-refractivity contribution in [3.63, 3.8) is 0 Å². The molecule has 1 heterocycles. The van der Waals surface area contributed by atoms with Crippen LogP contribution in [0.5, 0.6) is 0 Å². The van der Waals surface area contributed by atoms with Crippen LogP contribution >= 0.6 is 0 Å². The van der Waals surface area contributed by atoms with Gasteiger partial charge in [-0.2, -0.15) is 0 Å². The predicted octanol–water partition coefficient (Wildman–Crippen LogP) is 11.5. The van der Waals surface area contributed by atoms with E-state index in [0.29, 0.717) is 17.5 Å². The van der Waals surface area contributed by atoms with Gasteiger partial charge in [0.15, 0.2) is 17.5 Å². The average molecular weight is 666 g/mol. The van der Waals surface area contributed by atoms with Crippen LogP contribution in [0, 0.1) is 0 Å². The van der Waals surface area contributed by atoms with Crippen molar-refractivity contribution in [1.82, 2.24) is 15.0 Å². The number of benzene rings is 7. The van der Waals surface area contributed by atoms with E-state index in [2.05, 4.69) is 129 Å². The van der Waals surface area contributed by atoms with Crippen LogP contribution in [0.2, 0.25) is 0 Å². The molecule has 0 fully saturated rings. The van der Waals surface area contributed by atoms with E-state index in [4.69, 9.17) is 15.0 Å². The van der Waals surface area contributed by atoms with Gasteiger partial charge in [0.25, 0.3) is 0 Å². The van der Waals surface area contributed by atoms with Crippen LogP contribution in [0.3, 0.4) is 0 Å². The number of hydrogen-bond donors (Lipinski definition) is 0. The van der Waals surface area contributed by atoms with E-state index in [9.17, 15) is 0 Å². The first-order valence-electron chi connectivity index (χ1n) is 18.0. The zero-order valence-corrected chi connectivity index (χ0v) is 29.1. The minimum absolute atomic E-state index is 0.248. The van der Waals surface area contributed by atoms with Gasteiger partial charge < -0.3 is 0 Å². The van der Waals surface area contributed by atoms with Crippen molar-refractivity contribution < 1.29 is 0 Å². The van der Waals surface area contributed by atoms with Crippen LogP contribution in [0.15, 0.2) is 176 Å². The molecule has 3 heteroatoms. The van der Waals surface area contributed by atoms with Gasteiger partial charge in [-0.15, -0.1) is 0 Å². The molecule has 8 aromatic rings. The van der Waals surface area contributed by atoms with Crippen molar-refractivity contribution in [2.24, 2.45) is 0 Å². The summed E-state index contributed by atoms with van der Waals surface area (Å²) in [5, 5.41) is 0. The Morgan fingerprint density at radius 1 is 0.308 bits per heavy atom. The number of aromatic nitrogens is 3. The summed E-state index contributed by atoms with van der Waals surface area (Å²) in [6, 6.07) is 63.1. The Bertz CT molecular complexity index is 2540.